The molecular weight excluding hydrogens is 227 g/mol. The van der Waals surface area contributed by atoms with Gasteiger partial charge in [-0.1, -0.05) is 11.6 Å². The molecule has 0 unspecified atom stereocenters. The molecule has 0 rings (SSSR count). The number of carbonyl (C=O) groups is 2. The van der Waals surface area contributed by atoms with Crippen LogP contribution in [0.4, 0.5) is 0 Å². The lowest BCUT2D eigenvalue weighted by Gasteiger charge is -1.98. The van der Waals surface area contributed by atoms with Crippen molar-refractivity contribution in [1.29, 1.82) is 0 Å². The Morgan fingerprint density at radius 1 is 1.43 bits per heavy atom. The fourth-order valence-corrected chi connectivity index (χ4v) is 1.08. The van der Waals surface area contributed by atoms with E-state index in [1.54, 1.807) is 6.92 Å². The van der Waals surface area contributed by atoms with E-state index in [-0.39, 0.29) is 6.61 Å². The molecule has 0 aliphatic rings. The largest absolute Gasteiger partial charge is 0.460 e. The second-order valence-corrected chi connectivity index (χ2v) is 3.33. The van der Waals surface area contributed by atoms with Crippen LogP contribution in [0.3, 0.4) is 0 Å². The summed E-state index contributed by atoms with van der Waals surface area (Å²) < 4.78 is 4.49. The van der Waals surface area contributed by atoms with Crippen molar-refractivity contribution in [3.63, 3.8) is 0 Å². The third-order valence-electron chi connectivity index (χ3n) is 1.31. The number of alkyl halides is 1. The lowest BCUT2D eigenvalue weighted by molar-refractivity contribution is -0.151. The zero-order chi connectivity index (χ0) is 11.0. The van der Waals surface area contributed by atoms with Crippen LogP contribution in [0, 0.1) is 0 Å². The van der Waals surface area contributed by atoms with Gasteiger partial charge in [0.05, 0.1) is 6.61 Å². The summed E-state index contributed by atoms with van der Waals surface area (Å²) in [6, 6.07) is 0. The molecule has 80 valence electrons. The summed E-state index contributed by atoms with van der Waals surface area (Å²) in [4.78, 5) is 21.9. The molecule has 14 heavy (non-hydrogen) atoms. The molecule has 0 N–H and O–H groups in total. The summed E-state index contributed by atoms with van der Waals surface area (Å²) in [6.45, 7) is 1.81. The predicted octanol–water partition coefficient (Wildman–Crippen LogP) is 2.26. The molecule has 0 atom stereocenters. The van der Waals surface area contributed by atoms with Crippen LogP contribution in [0.2, 0.25) is 0 Å². The molecule has 0 aliphatic carbocycles. The first kappa shape index (κ1) is 13.5. The van der Waals surface area contributed by atoms with E-state index in [2.05, 4.69) is 4.74 Å². The summed E-state index contributed by atoms with van der Waals surface area (Å²) in [5, 5.41) is 0.323. The van der Waals surface area contributed by atoms with E-state index >= 15 is 0 Å². The maximum absolute atomic E-state index is 11.0. The number of hydrogen-bond donors (Lipinski definition) is 0. The van der Waals surface area contributed by atoms with Gasteiger partial charge in [0.1, 0.15) is 0 Å². The Kier molecular flexibility index (Phi) is 7.52. The van der Waals surface area contributed by atoms with E-state index in [1.165, 1.54) is 0 Å². The Labute approximate surface area is 93.0 Å². The molecule has 0 amide bonds. The molecule has 0 heterocycles. The van der Waals surface area contributed by atoms with Crippen LogP contribution in [-0.2, 0) is 14.3 Å². The zero-order valence-electron chi connectivity index (χ0n) is 7.89. The third kappa shape index (κ3) is 6.00. The zero-order valence-corrected chi connectivity index (χ0v) is 9.40. The van der Waals surface area contributed by atoms with Gasteiger partial charge in [0, 0.05) is 17.0 Å². The van der Waals surface area contributed by atoms with Gasteiger partial charge in [0.2, 0.25) is 0 Å². The minimum atomic E-state index is -0.878. The maximum atomic E-state index is 11.0. The van der Waals surface area contributed by atoms with E-state index in [4.69, 9.17) is 23.2 Å². The summed E-state index contributed by atoms with van der Waals surface area (Å²) in [5.41, 5.74) is 0. The van der Waals surface area contributed by atoms with Gasteiger partial charge < -0.3 is 4.74 Å². The molecule has 0 saturated carbocycles. The molecule has 0 fully saturated rings. The smallest absolute Gasteiger partial charge is 0.379 e. The fourth-order valence-electron chi connectivity index (χ4n) is 0.711. The van der Waals surface area contributed by atoms with Crippen LogP contribution >= 0.6 is 23.2 Å². The molecule has 0 saturated heterocycles. The van der Waals surface area contributed by atoms with Gasteiger partial charge in [-0.25, -0.2) is 4.79 Å². The maximum Gasteiger partial charge on any atom is 0.379 e. The van der Waals surface area contributed by atoms with Gasteiger partial charge in [0.25, 0.3) is 5.78 Å². The highest BCUT2D eigenvalue weighted by Gasteiger charge is 2.12. The monoisotopic (exact) mass is 238 g/mol. The highest BCUT2D eigenvalue weighted by atomic mass is 35.5. The first-order valence-corrected chi connectivity index (χ1v) is 5.16. The summed E-state index contributed by atoms with van der Waals surface area (Å²) in [5.74, 6) is -1.14. The third-order valence-corrected chi connectivity index (χ3v) is 1.88. The van der Waals surface area contributed by atoms with Crippen molar-refractivity contribution in [3.05, 3.63) is 11.1 Å². The summed E-state index contributed by atoms with van der Waals surface area (Å²) in [7, 11) is 0. The SMILES string of the molecule is CCOC(=O)C(=O)/C=C(\Cl)CCCCl. The van der Waals surface area contributed by atoms with Crippen molar-refractivity contribution in [1.82, 2.24) is 0 Å². The highest BCUT2D eigenvalue weighted by molar-refractivity contribution is 6.41. The van der Waals surface area contributed by atoms with Crippen molar-refractivity contribution in [2.75, 3.05) is 12.5 Å². The minimum absolute atomic E-state index is 0.178. The van der Waals surface area contributed by atoms with Gasteiger partial charge in [-0.15, -0.1) is 11.6 Å². The van der Waals surface area contributed by atoms with Crippen LogP contribution in [0.25, 0.3) is 0 Å². The average Bonchev–Trinajstić information content (AvgIpc) is 2.15. The topological polar surface area (TPSA) is 43.4 Å². The number of ether oxygens (including phenoxy) is 1. The van der Waals surface area contributed by atoms with Crippen molar-refractivity contribution in [3.8, 4) is 0 Å². The van der Waals surface area contributed by atoms with Gasteiger partial charge >= 0.3 is 5.97 Å². The van der Waals surface area contributed by atoms with Crippen molar-refractivity contribution < 1.29 is 14.3 Å². The fraction of sp³-hybridized carbons (Fsp3) is 0.556. The number of carbonyl (C=O) groups excluding carboxylic acids is 2. The van der Waals surface area contributed by atoms with E-state index < -0.39 is 11.8 Å². The van der Waals surface area contributed by atoms with Crippen molar-refractivity contribution in [2.45, 2.75) is 19.8 Å². The number of hydrogen-bond acceptors (Lipinski definition) is 3. The van der Waals surface area contributed by atoms with Gasteiger partial charge in [-0.2, -0.15) is 0 Å². The predicted molar refractivity (Wildman–Crippen MR) is 55.5 cm³/mol. The quantitative estimate of drug-likeness (QED) is 0.309. The molecule has 5 heteroatoms. The highest BCUT2D eigenvalue weighted by Crippen LogP contribution is 2.10. The van der Waals surface area contributed by atoms with E-state index in [1.807, 2.05) is 0 Å². The van der Waals surface area contributed by atoms with Crippen LogP contribution in [0.1, 0.15) is 19.8 Å². The van der Waals surface area contributed by atoms with E-state index in [0.29, 0.717) is 23.8 Å². The molecular formula is C9H12Cl2O3. The second kappa shape index (κ2) is 7.83. The van der Waals surface area contributed by atoms with Crippen LogP contribution in [0.5, 0.6) is 0 Å². The Morgan fingerprint density at radius 2 is 2.07 bits per heavy atom. The number of rotatable bonds is 6. The first-order valence-electron chi connectivity index (χ1n) is 4.25. The molecule has 0 aromatic carbocycles. The molecule has 0 spiro atoms. The standard InChI is InChI=1S/C9H12Cl2O3/c1-2-14-9(13)8(12)6-7(11)4-3-5-10/h6H,2-5H2,1H3/b7-6-. The molecule has 0 aromatic heterocycles. The van der Waals surface area contributed by atoms with Gasteiger partial charge in [-0.05, 0) is 19.8 Å². The van der Waals surface area contributed by atoms with Crippen molar-refractivity contribution >= 4 is 35.0 Å². The Balaban J connectivity index is 4.06. The van der Waals surface area contributed by atoms with Crippen LogP contribution in [-0.4, -0.2) is 24.2 Å². The number of esters is 1. The van der Waals surface area contributed by atoms with Gasteiger partial charge in [-0.3, -0.25) is 4.79 Å². The molecule has 0 aromatic rings. The number of allylic oxidation sites excluding steroid dienone is 1. The lowest BCUT2D eigenvalue weighted by Crippen LogP contribution is -2.14. The Bertz CT molecular complexity index is 236. The molecule has 3 nitrogen and oxygen atoms in total. The molecule has 0 radical (unpaired) electrons. The van der Waals surface area contributed by atoms with Crippen molar-refractivity contribution in [2.24, 2.45) is 0 Å². The summed E-state index contributed by atoms with van der Waals surface area (Å²) in [6.07, 6.45) is 2.25. The van der Waals surface area contributed by atoms with Crippen LogP contribution in [0.15, 0.2) is 11.1 Å². The molecule has 0 bridgehead atoms. The first-order chi connectivity index (χ1) is 6.61. The van der Waals surface area contributed by atoms with Gasteiger partial charge in [0.15, 0.2) is 0 Å². The van der Waals surface area contributed by atoms with E-state index in [9.17, 15) is 9.59 Å². The lowest BCUT2D eigenvalue weighted by atomic mass is 10.2. The number of halogens is 2. The average molecular weight is 239 g/mol. The summed E-state index contributed by atoms with van der Waals surface area (Å²) >= 11 is 11.1. The Hall–Kier alpha value is -0.540. The Morgan fingerprint density at radius 3 is 2.57 bits per heavy atom. The van der Waals surface area contributed by atoms with Crippen LogP contribution < -0.4 is 0 Å². The van der Waals surface area contributed by atoms with E-state index in [0.717, 1.165) is 6.08 Å². The second-order valence-electron chi connectivity index (χ2n) is 2.47. The normalized spacial score (nSPS) is 11.2. The molecule has 0 aliphatic heterocycles. The minimum Gasteiger partial charge on any atom is -0.460 e. The number of ketones is 1.